The fourth-order valence-electron chi connectivity index (χ4n) is 3.12. The highest BCUT2D eigenvalue weighted by Crippen LogP contribution is 2.34. The fraction of sp³-hybridized carbons (Fsp3) is 0.600. The summed E-state index contributed by atoms with van der Waals surface area (Å²) in [5.74, 6) is 1.83. The van der Waals surface area contributed by atoms with Crippen molar-refractivity contribution in [3.8, 4) is 11.5 Å². The highest BCUT2D eigenvalue weighted by atomic mass is 16.5. The molecule has 2 atom stereocenters. The minimum absolute atomic E-state index is 0.267. The second-order valence-electron chi connectivity index (χ2n) is 5.76. The van der Waals surface area contributed by atoms with Gasteiger partial charge in [-0.1, -0.05) is 0 Å². The molecule has 1 saturated heterocycles. The van der Waals surface area contributed by atoms with Crippen molar-refractivity contribution in [2.24, 2.45) is 5.92 Å². The normalized spacial score (nSPS) is 27.0. The van der Waals surface area contributed by atoms with E-state index in [0.717, 1.165) is 18.2 Å². The van der Waals surface area contributed by atoms with Gasteiger partial charge in [0.25, 0.3) is 0 Å². The van der Waals surface area contributed by atoms with Crippen molar-refractivity contribution in [3.05, 3.63) is 23.8 Å². The van der Waals surface area contributed by atoms with Crippen molar-refractivity contribution in [2.75, 3.05) is 33.3 Å². The lowest BCUT2D eigenvalue weighted by molar-refractivity contribution is 0.199. The Bertz CT molecular complexity index is 450. The van der Waals surface area contributed by atoms with Crippen LogP contribution in [0.1, 0.15) is 24.4 Å². The summed E-state index contributed by atoms with van der Waals surface area (Å²) >= 11 is 0. The van der Waals surface area contributed by atoms with Gasteiger partial charge in [0.1, 0.15) is 18.1 Å². The molecular weight excluding hydrogens is 240 g/mol. The SMILES string of the molecule is CN1CCCC(CNC2COc3cc(O)ccc32)C1. The van der Waals surface area contributed by atoms with Gasteiger partial charge in [0.05, 0.1) is 6.04 Å². The summed E-state index contributed by atoms with van der Waals surface area (Å²) in [7, 11) is 2.20. The first-order valence-corrected chi connectivity index (χ1v) is 7.10. The highest BCUT2D eigenvalue weighted by Gasteiger charge is 2.25. The number of hydrogen-bond donors (Lipinski definition) is 2. The van der Waals surface area contributed by atoms with Crippen molar-refractivity contribution in [1.82, 2.24) is 10.2 Å². The Balaban J connectivity index is 1.57. The summed E-state index contributed by atoms with van der Waals surface area (Å²) in [6, 6.07) is 5.66. The molecule has 0 bridgehead atoms. The number of phenolic OH excluding ortho intramolecular Hbond substituents is 1. The zero-order valence-electron chi connectivity index (χ0n) is 11.4. The first kappa shape index (κ1) is 12.8. The Morgan fingerprint density at radius 2 is 2.37 bits per heavy atom. The third kappa shape index (κ3) is 2.85. The van der Waals surface area contributed by atoms with Crippen LogP contribution in [0.2, 0.25) is 0 Å². The van der Waals surface area contributed by atoms with Gasteiger partial charge in [0.15, 0.2) is 0 Å². The summed E-state index contributed by atoms with van der Waals surface area (Å²) in [5.41, 5.74) is 1.17. The molecule has 2 heterocycles. The van der Waals surface area contributed by atoms with E-state index in [1.54, 1.807) is 12.1 Å². The minimum atomic E-state index is 0.267. The number of nitrogens with one attached hydrogen (secondary N) is 1. The van der Waals surface area contributed by atoms with E-state index >= 15 is 0 Å². The molecule has 3 rings (SSSR count). The van der Waals surface area contributed by atoms with E-state index in [1.807, 2.05) is 6.07 Å². The largest absolute Gasteiger partial charge is 0.508 e. The Labute approximate surface area is 114 Å². The average molecular weight is 262 g/mol. The van der Waals surface area contributed by atoms with Gasteiger partial charge >= 0.3 is 0 Å². The minimum Gasteiger partial charge on any atom is -0.508 e. The Morgan fingerprint density at radius 1 is 1.47 bits per heavy atom. The first-order chi connectivity index (χ1) is 9.22. The number of benzene rings is 1. The molecule has 2 N–H and O–H groups in total. The van der Waals surface area contributed by atoms with Gasteiger partial charge in [0, 0.05) is 18.2 Å². The fourth-order valence-corrected chi connectivity index (χ4v) is 3.12. The number of piperidine rings is 1. The van der Waals surface area contributed by atoms with Crippen LogP contribution in [0.25, 0.3) is 0 Å². The van der Waals surface area contributed by atoms with Gasteiger partial charge in [-0.05, 0) is 51.0 Å². The Hall–Kier alpha value is -1.26. The van der Waals surface area contributed by atoms with E-state index < -0.39 is 0 Å². The van der Waals surface area contributed by atoms with E-state index in [1.165, 1.54) is 31.5 Å². The number of ether oxygens (including phenoxy) is 1. The monoisotopic (exact) mass is 262 g/mol. The maximum atomic E-state index is 9.44. The summed E-state index contributed by atoms with van der Waals surface area (Å²) in [4.78, 5) is 2.41. The lowest BCUT2D eigenvalue weighted by Crippen LogP contribution is -2.38. The topological polar surface area (TPSA) is 44.7 Å². The summed E-state index contributed by atoms with van der Waals surface area (Å²) < 4.78 is 5.62. The zero-order valence-corrected chi connectivity index (χ0v) is 11.4. The van der Waals surface area contributed by atoms with Gasteiger partial charge < -0.3 is 20.1 Å². The average Bonchev–Trinajstić information content (AvgIpc) is 2.78. The zero-order chi connectivity index (χ0) is 13.2. The van der Waals surface area contributed by atoms with E-state index in [0.29, 0.717) is 6.61 Å². The molecule has 2 aliphatic heterocycles. The van der Waals surface area contributed by atoms with Crippen LogP contribution in [0.5, 0.6) is 11.5 Å². The molecule has 0 aromatic heterocycles. The quantitative estimate of drug-likeness (QED) is 0.871. The third-order valence-corrected chi connectivity index (χ3v) is 4.15. The lowest BCUT2D eigenvalue weighted by atomic mass is 9.97. The molecule has 4 nitrogen and oxygen atoms in total. The third-order valence-electron chi connectivity index (χ3n) is 4.15. The van der Waals surface area contributed by atoms with Crippen LogP contribution in [0.3, 0.4) is 0 Å². The summed E-state index contributed by atoms with van der Waals surface area (Å²) in [6.45, 7) is 4.12. The van der Waals surface area contributed by atoms with Crippen LogP contribution in [0.4, 0.5) is 0 Å². The van der Waals surface area contributed by atoms with Gasteiger partial charge in [-0.25, -0.2) is 0 Å². The molecule has 2 unspecified atom stereocenters. The highest BCUT2D eigenvalue weighted by molar-refractivity contribution is 5.44. The number of rotatable bonds is 3. The maximum absolute atomic E-state index is 9.44. The molecular formula is C15H22N2O2. The molecule has 19 heavy (non-hydrogen) atoms. The van der Waals surface area contributed by atoms with Crippen molar-refractivity contribution >= 4 is 0 Å². The predicted octanol–water partition coefficient (Wildman–Crippen LogP) is 1.76. The number of aromatic hydroxyl groups is 1. The summed E-state index contributed by atoms with van der Waals surface area (Å²) in [6.07, 6.45) is 2.61. The molecule has 1 aromatic rings. The first-order valence-electron chi connectivity index (χ1n) is 7.10. The number of likely N-dealkylation sites (tertiary alicyclic amines) is 1. The Kier molecular flexibility index (Phi) is 3.62. The number of nitrogens with zero attached hydrogens (tertiary/aromatic N) is 1. The molecule has 4 heteroatoms. The van der Waals surface area contributed by atoms with E-state index in [9.17, 15) is 5.11 Å². The van der Waals surface area contributed by atoms with Crippen molar-refractivity contribution < 1.29 is 9.84 Å². The van der Waals surface area contributed by atoms with E-state index in [4.69, 9.17) is 4.74 Å². The Morgan fingerprint density at radius 3 is 3.21 bits per heavy atom. The van der Waals surface area contributed by atoms with Crippen LogP contribution >= 0.6 is 0 Å². The van der Waals surface area contributed by atoms with Gasteiger partial charge in [-0.3, -0.25) is 0 Å². The molecule has 0 radical (unpaired) electrons. The van der Waals surface area contributed by atoms with Crippen molar-refractivity contribution in [1.29, 1.82) is 0 Å². The molecule has 0 amide bonds. The van der Waals surface area contributed by atoms with Gasteiger partial charge in [-0.2, -0.15) is 0 Å². The van der Waals surface area contributed by atoms with Crippen LogP contribution in [0.15, 0.2) is 18.2 Å². The predicted molar refractivity (Wildman–Crippen MR) is 74.6 cm³/mol. The van der Waals surface area contributed by atoms with Crippen LogP contribution in [-0.2, 0) is 0 Å². The van der Waals surface area contributed by atoms with Crippen molar-refractivity contribution in [2.45, 2.75) is 18.9 Å². The molecule has 2 aliphatic rings. The number of phenols is 1. The van der Waals surface area contributed by atoms with Gasteiger partial charge in [-0.15, -0.1) is 0 Å². The number of hydrogen-bond acceptors (Lipinski definition) is 4. The molecule has 1 aromatic carbocycles. The lowest BCUT2D eigenvalue weighted by Gasteiger charge is -2.30. The number of fused-ring (bicyclic) bond motifs is 1. The second kappa shape index (κ2) is 5.39. The second-order valence-corrected chi connectivity index (χ2v) is 5.76. The smallest absolute Gasteiger partial charge is 0.127 e. The molecule has 0 aliphatic carbocycles. The van der Waals surface area contributed by atoms with Crippen molar-refractivity contribution in [3.63, 3.8) is 0 Å². The van der Waals surface area contributed by atoms with E-state index in [2.05, 4.69) is 17.3 Å². The van der Waals surface area contributed by atoms with E-state index in [-0.39, 0.29) is 11.8 Å². The van der Waals surface area contributed by atoms with Crippen LogP contribution < -0.4 is 10.1 Å². The molecule has 0 saturated carbocycles. The van der Waals surface area contributed by atoms with Crippen LogP contribution in [0, 0.1) is 5.92 Å². The molecule has 1 fully saturated rings. The maximum Gasteiger partial charge on any atom is 0.127 e. The molecule has 104 valence electrons. The molecule has 0 spiro atoms. The standard InChI is InChI=1S/C15H22N2O2/c1-17-6-2-3-11(9-17)8-16-14-10-19-15-7-12(18)4-5-13(14)15/h4-5,7,11,14,16,18H,2-3,6,8-10H2,1H3. The summed E-state index contributed by atoms with van der Waals surface area (Å²) in [5, 5.41) is 13.1. The van der Waals surface area contributed by atoms with Gasteiger partial charge in [0.2, 0.25) is 0 Å². The van der Waals surface area contributed by atoms with Crippen LogP contribution in [-0.4, -0.2) is 43.3 Å².